The fraction of sp³-hybridized carbons (Fsp3) is 0.217. The number of aryl methyl sites for hydroxylation is 1. The fourth-order valence-electron chi connectivity index (χ4n) is 3.79. The van der Waals surface area contributed by atoms with Crippen molar-refractivity contribution in [1.82, 2.24) is 0 Å². The molecule has 3 aromatic carbocycles. The van der Waals surface area contributed by atoms with E-state index in [4.69, 9.17) is 10.5 Å². The third-order valence-electron chi connectivity index (χ3n) is 5.15. The molecule has 0 fully saturated rings. The van der Waals surface area contributed by atoms with E-state index in [0.29, 0.717) is 12.2 Å². The van der Waals surface area contributed by atoms with Gasteiger partial charge in [0.25, 0.3) is 0 Å². The highest BCUT2D eigenvalue weighted by atomic mass is 19.1. The summed E-state index contributed by atoms with van der Waals surface area (Å²) in [7, 11) is 0. The molecule has 3 nitrogen and oxygen atoms in total. The van der Waals surface area contributed by atoms with Crippen LogP contribution in [-0.4, -0.2) is 5.11 Å². The lowest BCUT2D eigenvalue weighted by Crippen LogP contribution is -2.00. The number of phenols is 1. The Bertz CT molecular complexity index is 996. The molecule has 0 unspecified atom stereocenters. The van der Waals surface area contributed by atoms with E-state index in [1.54, 1.807) is 24.3 Å². The summed E-state index contributed by atoms with van der Waals surface area (Å²) in [5.74, 6) is 1.47. The Labute approximate surface area is 158 Å². The van der Waals surface area contributed by atoms with Crippen LogP contribution < -0.4 is 10.5 Å². The first kappa shape index (κ1) is 17.4. The highest BCUT2D eigenvalue weighted by Gasteiger charge is 2.21. The lowest BCUT2D eigenvalue weighted by molar-refractivity contribution is 0.456. The van der Waals surface area contributed by atoms with Crippen LogP contribution in [0.3, 0.4) is 0 Å². The van der Waals surface area contributed by atoms with Gasteiger partial charge in [0, 0.05) is 23.2 Å². The summed E-state index contributed by atoms with van der Waals surface area (Å²) in [6.45, 7) is 2.00. The number of nitrogens with two attached hydrogens (primary N) is 1. The third-order valence-corrected chi connectivity index (χ3v) is 5.15. The predicted molar refractivity (Wildman–Crippen MR) is 105 cm³/mol. The summed E-state index contributed by atoms with van der Waals surface area (Å²) in [5.41, 5.74) is 12.1. The molecule has 0 aliphatic heterocycles. The smallest absolute Gasteiger partial charge is 0.133 e. The van der Waals surface area contributed by atoms with Crippen LogP contribution in [0.15, 0.2) is 48.5 Å². The quantitative estimate of drug-likeness (QED) is 0.619. The molecule has 3 N–H and O–H groups in total. The zero-order chi connectivity index (χ0) is 19.0. The molecular weight excluding hydrogens is 341 g/mol. The molecule has 0 radical (unpaired) electrons. The van der Waals surface area contributed by atoms with E-state index in [9.17, 15) is 9.50 Å². The molecule has 0 heterocycles. The molecule has 0 aromatic heterocycles. The van der Waals surface area contributed by atoms with Crippen LogP contribution in [0.2, 0.25) is 0 Å². The number of phenolic OH excluding ortho intramolecular Hbond substituents is 1. The van der Waals surface area contributed by atoms with E-state index in [0.717, 1.165) is 47.4 Å². The Hall–Kier alpha value is -3.01. The van der Waals surface area contributed by atoms with Crippen molar-refractivity contribution in [3.8, 4) is 17.2 Å². The number of ether oxygens (including phenoxy) is 1. The van der Waals surface area contributed by atoms with Gasteiger partial charge in [-0.25, -0.2) is 4.39 Å². The maximum atomic E-state index is 13.1. The number of halogens is 1. The Morgan fingerprint density at radius 3 is 2.56 bits per heavy atom. The van der Waals surface area contributed by atoms with Gasteiger partial charge in [-0.1, -0.05) is 12.1 Å². The number of hydrogen-bond acceptors (Lipinski definition) is 3. The molecule has 1 aliphatic carbocycles. The largest absolute Gasteiger partial charge is 0.508 e. The zero-order valence-electron chi connectivity index (χ0n) is 15.3. The molecule has 0 amide bonds. The highest BCUT2D eigenvalue weighted by Crippen LogP contribution is 2.40. The number of aromatic hydroxyl groups is 1. The van der Waals surface area contributed by atoms with Crippen molar-refractivity contribution in [3.05, 3.63) is 82.2 Å². The summed E-state index contributed by atoms with van der Waals surface area (Å²) in [6, 6.07) is 13.5. The van der Waals surface area contributed by atoms with Gasteiger partial charge in [-0.2, -0.15) is 0 Å². The van der Waals surface area contributed by atoms with Gasteiger partial charge in [-0.05, 0) is 79.3 Å². The Balaban J connectivity index is 1.64. The minimum absolute atomic E-state index is 0.200. The molecule has 4 rings (SSSR count). The summed E-state index contributed by atoms with van der Waals surface area (Å²) >= 11 is 0. The minimum atomic E-state index is -0.271. The number of rotatable bonds is 4. The first-order valence-corrected chi connectivity index (χ1v) is 9.16. The summed E-state index contributed by atoms with van der Waals surface area (Å²) in [5, 5.41) is 10.2. The van der Waals surface area contributed by atoms with Gasteiger partial charge in [0.05, 0.1) is 0 Å². The predicted octanol–water partition coefficient (Wildman–Crippen LogP) is 5.29. The van der Waals surface area contributed by atoms with Crippen molar-refractivity contribution in [3.63, 3.8) is 0 Å². The summed E-state index contributed by atoms with van der Waals surface area (Å²) in [4.78, 5) is 0. The molecular formula is C23H22FNO2. The topological polar surface area (TPSA) is 55.5 Å². The molecule has 0 saturated carbocycles. The van der Waals surface area contributed by atoms with Gasteiger partial charge in [0.1, 0.15) is 23.1 Å². The van der Waals surface area contributed by atoms with E-state index in [1.165, 1.54) is 23.3 Å². The molecule has 0 spiro atoms. The van der Waals surface area contributed by atoms with Crippen LogP contribution in [0, 0.1) is 12.7 Å². The van der Waals surface area contributed by atoms with E-state index >= 15 is 0 Å². The molecule has 138 valence electrons. The SMILES string of the molecule is Cc1cc(N)c2c(c1Oc1ccc(O)c(Cc3ccc(F)cc3)c1)CCC2. The molecule has 27 heavy (non-hydrogen) atoms. The lowest BCUT2D eigenvalue weighted by Gasteiger charge is -2.16. The van der Waals surface area contributed by atoms with Gasteiger partial charge in [0.2, 0.25) is 0 Å². The van der Waals surface area contributed by atoms with E-state index in [1.807, 2.05) is 19.1 Å². The number of fused-ring (bicyclic) bond motifs is 1. The molecule has 0 saturated heterocycles. The average molecular weight is 363 g/mol. The average Bonchev–Trinajstić information content (AvgIpc) is 3.13. The first-order chi connectivity index (χ1) is 13.0. The van der Waals surface area contributed by atoms with Crippen LogP contribution in [0.5, 0.6) is 17.2 Å². The van der Waals surface area contributed by atoms with Gasteiger partial charge in [-0.15, -0.1) is 0 Å². The third kappa shape index (κ3) is 3.47. The highest BCUT2D eigenvalue weighted by molar-refractivity contribution is 5.62. The first-order valence-electron chi connectivity index (χ1n) is 9.16. The number of nitrogen functional groups attached to an aromatic ring is 1. The fourth-order valence-corrected chi connectivity index (χ4v) is 3.79. The number of benzene rings is 3. The Morgan fingerprint density at radius 1 is 1.04 bits per heavy atom. The van der Waals surface area contributed by atoms with Gasteiger partial charge >= 0.3 is 0 Å². The molecule has 3 aromatic rings. The summed E-state index contributed by atoms with van der Waals surface area (Å²) < 4.78 is 19.3. The Kier molecular flexibility index (Phi) is 4.48. The van der Waals surface area contributed by atoms with Crippen molar-refractivity contribution >= 4 is 5.69 Å². The van der Waals surface area contributed by atoms with Crippen molar-refractivity contribution < 1.29 is 14.2 Å². The monoisotopic (exact) mass is 363 g/mol. The van der Waals surface area contributed by atoms with Gasteiger partial charge in [0.15, 0.2) is 0 Å². The van der Waals surface area contributed by atoms with E-state index in [2.05, 4.69) is 0 Å². The van der Waals surface area contributed by atoms with Crippen molar-refractivity contribution in [1.29, 1.82) is 0 Å². The molecule has 0 bridgehead atoms. The van der Waals surface area contributed by atoms with Crippen LogP contribution in [0.25, 0.3) is 0 Å². The van der Waals surface area contributed by atoms with Gasteiger partial charge in [-0.3, -0.25) is 0 Å². The number of anilines is 1. The van der Waals surface area contributed by atoms with Gasteiger partial charge < -0.3 is 15.6 Å². The van der Waals surface area contributed by atoms with Crippen LogP contribution >= 0.6 is 0 Å². The second-order valence-corrected chi connectivity index (χ2v) is 7.12. The van der Waals surface area contributed by atoms with Crippen LogP contribution in [0.1, 0.15) is 34.2 Å². The maximum absolute atomic E-state index is 13.1. The lowest BCUT2D eigenvalue weighted by atomic mass is 10.0. The van der Waals surface area contributed by atoms with E-state index in [-0.39, 0.29) is 11.6 Å². The summed E-state index contributed by atoms with van der Waals surface area (Å²) in [6.07, 6.45) is 3.55. The van der Waals surface area contributed by atoms with Crippen molar-refractivity contribution in [2.24, 2.45) is 0 Å². The molecule has 0 atom stereocenters. The normalized spacial score (nSPS) is 12.8. The minimum Gasteiger partial charge on any atom is -0.508 e. The standard InChI is InChI=1S/C23H22FNO2/c1-14-11-21(25)19-3-2-4-20(19)23(14)27-18-9-10-22(26)16(13-18)12-15-5-7-17(24)8-6-15/h5-11,13,26H,2-4,12,25H2,1H3. The van der Waals surface area contributed by atoms with Crippen LogP contribution in [-0.2, 0) is 19.3 Å². The Morgan fingerprint density at radius 2 is 1.78 bits per heavy atom. The molecule has 1 aliphatic rings. The zero-order valence-corrected chi connectivity index (χ0v) is 15.3. The maximum Gasteiger partial charge on any atom is 0.133 e. The second kappa shape index (κ2) is 6.95. The molecule has 4 heteroatoms. The second-order valence-electron chi connectivity index (χ2n) is 7.12. The van der Waals surface area contributed by atoms with Crippen molar-refractivity contribution in [2.75, 3.05) is 5.73 Å². The van der Waals surface area contributed by atoms with E-state index < -0.39 is 0 Å². The number of hydrogen-bond donors (Lipinski definition) is 2. The van der Waals surface area contributed by atoms with Crippen molar-refractivity contribution in [2.45, 2.75) is 32.6 Å². The van der Waals surface area contributed by atoms with Crippen LogP contribution in [0.4, 0.5) is 10.1 Å².